The number of nitrogens with zero attached hydrogens (tertiary/aromatic N) is 2. The molecule has 0 aromatic carbocycles. The number of hydrogen-bond donors (Lipinski definition) is 3. The Bertz CT molecular complexity index is 442. The predicted molar refractivity (Wildman–Crippen MR) is 58.2 cm³/mol. The summed E-state index contributed by atoms with van der Waals surface area (Å²) in [7, 11) is 3.85. The summed E-state index contributed by atoms with van der Waals surface area (Å²) in [5, 5.41) is 7.12. The topological polar surface area (TPSA) is 112 Å². The van der Waals surface area contributed by atoms with Crippen LogP contribution in [0.1, 0.15) is 16.3 Å². The number of rotatable bonds is 3. The van der Waals surface area contributed by atoms with Crippen LogP contribution in [0.15, 0.2) is 6.20 Å². The van der Waals surface area contributed by atoms with Crippen molar-refractivity contribution in [1.82, 2.24) is 14.9 Å². The number of aromatic amines is 1. The first-order valence-corrected chi connectivity index (χ1v) is 4.82. The van der Waals surface area contributed by atoms with Crippen molar-refractivity contribution in [2.45, 2.75) is 12.7 Å². The number of carbonyl (C=O) groups excluding carboxylic acids is 1. The van der Waals surface area contributed by atoms with E-state index in [1.54, 1.807) is 0 Å². The van der Waals surface area contributed by atoms with Crippen LogP contribution in [0.25, 0.3) is 0 Å². The van der Waals surface area contributed by atoms with Crippen LogP contribution in [0.5, 0.6) is 0 Å². The smallest absolute Gasteiger partial charge is 0.475 e. The molecular weight excluding hydrogens is 269 g/mol. The van der Waals surface area contributed by atoms with Gasteiger partial charge in [0, 0.05) is 0 Å². The van der Waals surface area contributed by atoms with Gasteiger partial charge in [-0.15, -0.1) is 0 Å². The first kappa shape index (κ1) is 16.9. The molecule has 1 amide bonds. The number of hydrogen-bond acceptors (Lipinski definition) is 4. The molecule has 0 atom stereocenters. The van der Waals surface area contributed by atoms with Gasteiger partial charge in [0.05, 0.1) is 12.7 Å². The van der Waals surface area contributed by atoms with E-state index in [2.05, 4.69) is 9.97 Å². The molecule has 0 radical (unpaired) electrons. The lowest BCUT2D eigenvalue weighted by Gasteiger charge is -2.05. The van der Waals surface area contributed by atoms with E-state index in [1.807, 2.05) is 19.0 Å². The van der Waals surface area contributed by atoms with Gasteiger partial charge in [0.1, 0.15) is 11.5 Å². The highest BCUT2D eigenvalue weighted by Gasteiger charge is 2.38. The van der Waals surface area contributed by atoms with E-state index >= 15 is 0 Å². The Morgan fingerprint density at radius 2 is 1.95 bits per heavy atom. The third-order valence-corrected chi connectivity index (χ3v) is 1.60. The zero-order chi connectivity index (χ0) is 15.2. The standard InChI is InChI=1S/C7H12N4O.C2HF3O2/c1-11(2)4-6-9-3-5(10-6)7(8)12;3-2(4,5)1(6)7/h3H,4H2,1-2H3,(H2,8,12)(H,9,10);(H,6,7). The molecule has 0 saturated carbocycles. The molecule has 0 unspecified atom stereocenters. The molecular formula is C9H13F3N4O3. The third-order valence-electron chi connectivity index (χ3n) is 1.60. The average Bonchev–Trinajstić information content (AvgIpc) is 2.64. The number of carboxylic acid groups (broad SMARTS) is 1. The fourth-order valence-corrected chi connectivity index (χ4v) is 0.868. The van der Waals surface area contributed by atoms with Gasteiger partial charge in [-0.3, -0.25) is 4.79 Å². The van der Waals surface area contributed by atoms with Crippen molar-refractivity contribution in [1.29, 1.82) is 0 Å². The number of primary amides is 1. The molecule has 1 aromatic heterocycles. The molecule has 10 heteroatoms. The van der Waals surface area contributed by atoms with Crippen LogP contribution >= 0.6 is 0 Å². The first-order valence-electron chi connectivity index (χ1n) is 4.82. The Hall–Kier alpha value is -2.10. The molecule has 4 N–H and O–H groups in total. The highest BCUT2D eigenvalue weighted by Crippen LogP contribution is 2.13. The van der Waals surface area contributed by atoms with Gasteiger partial charge in [-0.1, -0.05) is 0 Å². The summed E-state index contributed by atoms with van der Waals surface area (Å²) in [6, 6.07) is 0. The molecule has 0 fully saturated rings. The molecule has 1 heterocycles. The van der Waals surface area contributed by atoms with Gasteiger partial charge >= 0.3 is 12.1 Å². The second-order valence-corrected chi connectivity index (χ2v) is 3.65. The van der Waals surface area contributed by atoms with E-state index < -0.39 is 18.1 Å². The Morgan fingerprint density at radius 3 is 2.21 bits per heavy atom. The molecule has 0 aliphatic carbocycles. The molecule has 0 aliphatic heterocycles. The van der Waals surface area contributed by atoms with Crippen LogP contribution in [-0.2, 0) is 11.3 Å². The molecule has 7 nitrogen and oxygen atoms in total. The molecule has 1 rings (SSSR count). The fraction of sp³-hybridized carbons (Fsp3) is 0.444. The largest absolute Gasteiger partial charge is 0.490 e. The summed E-state index contributed by atoms with van der Waals surface area (Å²) in [4.78, 5) is 28.3. The van der Waals surface area contributed by atoms with Crippen LogP contribution in [0.4, 0.5) is 13.2 Å². The minimum Gasteiger partial charge on any atom is -0.475 e. The van der Waals surface area contributed by atoms with Crippen LogP contribution in [0.2, 0.25) is 0 Å². The number of nitrogens with two attached hydrogens (primary N) is 1. The van der Waals surface area contributed by atoms with Gasteiger partial charge in [0.2, 0.25) is 0 Å². The van der Waals surface area contributed by atoms with Gasteiger partial charge in [-0.25, -0.2) is 9.78 Å². The predicted octanol–water partition coefficient (Wildman–Crippen LogP) is 0.204. The number of halogens is 3. The zero-order valence-electron chi connectivity index (χ0n) is 10.2. The number of alkyl halides is 3. The number of carboxylic acids is 1. The Balaban J connectivity index is 0.000000399. The number of amides is 1. The summed E-state index contributed by atoms with van der Waals surface area (Å²) < 4.78 is 31.7. The monoisotopic (exact) mass is 282 g/mol. The maximum Gasteiger partial charge on any atom is 0.490 e. The number of carbonyl (C=O) groups is 2. The van der Waals surface area contributed by atoms with Crippen LogP contribution in [-0.4, -0.2) is 52.1 Å². The van der Waals surface area contributed by atoms with Crippen molar-refractivity contribution in [3.63, 3.8) is 0 Å². The fourth-order valence-electron chi connectivity index (χ4n) is 0.868. The molecule has 19 heavy (non-hydrogen) atoms. The summed E-state index contributed by atoms with van der Waals surface area (Å²) >= 11 is 0. The second kappa shape index (κ2) is 6.73. The van der Waals surface area contributed by atoms with Gasteiger partial charge in [-0.05, 0) is 14.1 Å². The Labute approximate surface area is 106 Å². The number of aliphatic carboxylic acids is 1. The van der Waals surface area contributed by atoms with Crippen molar-refractivity contribution in [3.05, 3.63) is 17.7 Å². The quantitative estimate of drug-likeness (QED) is 0.733. The first-order chi connectivity index (χ1) is 8.54. The van der Waals surface area contributed by atoms with Crippen LogP contribution in [0.3, 0.4) is 0 Å². The van der Waals surface area contributed by atoms with Crippen molar-refractivity contribution >= 4 is 11.9 Å². The van der Waals surface area contributed by atoms with Crippen molar-refractivity contribution in [3.8, 4) is 0 Å². The molecule has 0 spiro atoms. The lowest BCUT2D eigenvalue weighted by atomic mass is 10.5. The number of H-pyrrole nitrogens is 1. The van der Waals surface area contributed by atoms with Crippen molar-refractivity contribution in [2.24, 2.45) is 5.73 Å². The minimum absolute atomic E-state index is 0.354. The minimum atomic E-state index is -5.08. The maximum absolute atomic E-state index is 10.6. The summed E-state index contributed by atoms with van der Waals surface area (Å²) in [5.41, 5.74) is 5.39. The third kappa shape index (κ3) is 7.03. The van der Waals surface area contributed by atoms with Crippen LogP contribution < -0.4 is 5.73 Å². The maximum atomic E-state index is 10.6. The van der Waals surface area contributed by atoms with E-state index in [1.165, 1.54) is 6.20 Å². The molecule has 0 bridgehead atoms. The normalized spacial score (nSPS) is 10.8. The number of imidazole rings is 1. The molecule has 0 saturated heterocycles. The molecule has 0 aliphatic rings. The Morgan fingerprint density at radius 1 is 1.47 bits per heavy atom. The zero-order valence-corrected chi connectivity index (χ0v) is 10.2. The molecule has 108 valence electrons. The highest BCUT2D eigenvalue weighted by molar-refractivity contribution is 5.90. The summed E-state index contributed by atoms with van der Waals surface area (Å²) in [6.45, 7) is 0.674. The van der Waals surface area contributed by atoms with Gasteiger partial charge < -0.3 is 20.7 Å². The van der Waals surface area contributed by atoms with Crippen LogP contribution in [0, 0.1) is 0 Å². The van der Waals surface area contributed by atoms with Gasteiger partial charge in [0.25, 0.3) is 5.91 Å². The van der Waals surface area contributed by atoms with Crippen molar-refractivity contribution in [2.75, 3.05) is 14.1 Å². The number of nitrogens with one attached hydrogen (secondary N) is 1. The Kier molecular flexibility index (Phi) is 5.99. The van der Waals surface area contributed by atoms with E-state index in [9.17, 15) is 18.0 Å². The van der Waals surface area contributed by atoms with Gasteiger partial charge in [-0.2, -0.15) is 13.2 Å². The van der Waals surface area contributed by atoms with Gasteiger partial charge in [0.15, 0.2) is 0 Å². The summed E-state index contributed by atoms with van der Waals surface area (Å²) in [5.74, 6) is -2.49. The average molecular weight is 282 g/mol. The SMILES string of the molecule is CN(C)Cc1ncc(C(N)=O)[nH]1.O=C(O)C(F)(F)F. The lowest BCUT2D eigenvalue weighted by molar-refractivity contribution is -0.192. The van der Waals surface area contributed by atoms with E-state index in [0.717, 1.165) is 5.82 Å². The lowest BCUT2D eigenvalue weighted by Crippen LogP contribution is -2.21. The number of aromatic nitrogens is 2. The molecule has 1 aromatic rings. The van der Waals surface area contributed by atoms with Crippen molar-refractivity contribution < 1.29 is 27.9 Å². The second-order valence-electron chi connectivity index (χ2n) is 3.65. The highest BCUT2D eigenvalue weighted by atomic mass is 19.4. The van der Waals surface area contributed by atoms with E-state index in [4.69, 9.17) is 15.6 Å². The van der Waals surface area contributed by atoms with E-state index in [0.29, 0.717) is 12.2 Å². The summed E-state index contributed by atoms with van der Waals surface area (Å²) in [6.07, 6.45) is -3.64. The van der Waals surface area contributed by atoms with E-state index in [-0.39, 0.29) is 0 Å².